The van der Waals surface area contributed by atoms with E-state index in [0.29, 0.717) is 17.0 Å². The standard InChI is InChI=1S/C11H6N4O2S/c12-5-7-1-3-10(11(16)17)13-9(7)4-2-8-6-18-15-14-8/h1-4,6H,(H,16,17)/b4-2+. The highest BCUT2D eigenvalue weighted by atomic mass is 32.1. The van der Waals surface area contributed by atoms with Crippen molar-refractivity contribution in [2.75, 3.05) is 0 Å². The lowest BCUT2D eigenvalue weighted by Gasteiger charge is -1.98. The predicted octanol–water partition coefficient (Wildman–Crippen LogP) is 1.67. The Morgan fingerprint density at radius 2 is 2.28 bits per heavy atom. The first kappa shape index (κ1) is 11.9. The van der Waals surface area contributed by atoms with E-state index >= 15 is 0 Å². The summed E-state index contributed by atoms with van der Waals surface area (Å²) in [7, 11) is 0. The van der Waals surface area contributed by atoms with Crippen molar-refractivity contribution in [1.29, 1.82) is 5.26 Å². The lowest BCUT2D eigenvalue weighted by atomic mass is 10.1. The Kier molecular flexibility index (Phi) is 3.41. The van der Waals surface area contributed by atoms with Gasteiger partial charge in [-0.1, -0.05) is 4.49 Å². The minimum absolute atomic E-state index is 0.106. The molecule has 1 N–H and O–H groups in total. The zero-order valence-corrected chi connectivity index (χ0v) is 9.76. The molecule has 88 valence electrons. The molecule has 0 amide bonds. The molecular weight excluding hydrogens is 252 g/mol. The fourth-order valence-electron chi connectivity index (χ4n) is 1.22. The average Bonchev–Trinajstić information content (AvgIpc) is 2.89. The van der Waals surface area contributed by atoms with Crippen molar-refractivity contribution in [3.05, 3.63) is 40.2 Å². The van der Waals surface area contributed by atoms with Gasteiger partial charge in [0.2, 0.25) is 0 Å². The van der Waals surface area contributed by atoms with E-state index < -0.39 is 5.97 Å². The van der Waals surface area contributed by atoms with Crippen LogP contribution >= 0.6 is 11.5 Å². The summed E-state index contributed by atoms with van der Waals surface area (Å²) in [6.45, 7) is 0. The topological polar surface area (TPSA) is 99.8 Å². The Morgan fingerprint density at radius 3 is 2.89 bits per heavy atom. The largest absolute Gasteiger partial charge is 0.477 e. The van der Waals surface area contributed by atoms with Crippen LogP contribution in [0.25, 0.3) is 12.2 Å². The number of hydrogen-bond donors (Lipinski definition) is 1. The third kappa shape index (κ3) is 2.56. The quantitative estimate of drug-likeness (QED) is 0.898. The smallest absolute Gasteiger partial charge is 0.354 e. The second kappa shape index (κ2) is 5.16. The number of aromatic nitrogens is 3. The van der Waals surface area contributed by atoms with Crippen LogP contribution in [0.4, 0.5) is 0 Å². The van der Waals surface area contributed by atoms with Gasteiger partial charge in [0.25, 0.3) is 0 Å². The lowest BCUT2D eigenvalue weighted by molar-refractivity contribution is 0.0690. The second-order valence-electron chi connectivity index (χ2n) is 3.21. The molecule has 2 heterocycles. The summed E-state index contributed by atoms with van der Waals surface area (Å²) in [6, 6.07) is 4.67. The number of carbonyl (C=O) groups is 1. The van der Waals surface area contributed by atoms with Crippen molar-refractivity contribution < 1.29 is 9.90 Å². The van der Waals surface area contributed by atoms with Gasteiger partial charge in [-0.3, -0.25) is 0 Å². The van der Waals surface area contributed by atoms with Crippen LogP contribution in [-0.4, -0.2) is 25.6 Å². The Balaban J connectivity index is 2.39. The first-order chi connectivity index (χ1) is 8.70. The highest BCUT2D eigenvalue weighted by Crippen LogP contribution is 2.11. The highest BCUT2D eigenvalue weighted by molar-refractivity contribution is 7.03. The molecule has 2 aromatic rings. The maximum Gasteiger partial charge on any atom is 0.354 e. The van der Waals surface area contributed by atoms with Gasteiger partial charge in [-0.05, 0) is 35.8 Å². The highest BCUT2D eigenvalue weighted by Gasteiger charge is 2.08. The van der Waals surface area contributed by atoms with Crippen LogP contribution in [0.3, 0.4) is 0 Å². The summed E-state index contributed by atoms with van der Waals surface area (Å²) in [5.74, 6) is -1.13. The average molecular weight is 258 g/mol. The molecule has 0 spiro atoms. The summed E-state index contributed by atoms with van der Waals surface area (Å²) >= 11 is 1.20. The van der Waals surface area contributed by atoms with Gasteiger partial charge < -0.3 is 5.11 Å². The number of hydrogen-bond acceptors (Lipinski definition) is 6. The maximum atomic E-state index is 10.8. The first-order valence-corrected chi connectivity index (χ1v) is 5.64. The number of aromatic carboxylic acids is 1. The third-order valence-corrected chi connectivity index (χ3v) is 2.58. The van der Waals surface area contributed by atoms with Gasteiger partial charge in [0.05, 0.1) is 17.0 Å². The molecule has 6 nitrogen and oxygen atoms in total. The molecule has 2 aromatic heterocycles. The van der Waals surface area contributed by atoms with Crippen molar-refractivity contribution >= 4 is 29.7 Å². The molecule has 0 saturated heterocycles. The van der Waals surface area contributed by atoms with Crippen LogP contribution in [0.2, 0.25) is 0 Å². The number of rotatable bonds is 3. The van der Waals surface area contributed by atoms with E-state index in [2.05, 4.69) is 14.6 Å². The number of nitrogens with zero attached hydrogens (tertiary/aromatic N) is 4. The van der Waals surface area contributed by atoms with Crippen LogP contribution in [0, 0.1) is 11.3 Å². The van der Waals surface area contributed by atoms with Gasteiger partial charge in [0.1, 0.15) is 11.8 Å². The van der Waals surface area contributed by atoms with Gasteiger partial charge in [0, 0.05) is 5.38 Å². The Labute approximate surface area is 106 Å². The van der Waals surface area contributed by atoms with Crippen LogP contribution in [-0.2, 0) is 0 Å². The van der Waals surface area contributed by atoms with Gasteiger partial charge in [-0.15, -0.1) is 5.10 Å². The molecule has 0 aliphatic carbocycles. The third-order valence-electron chi connectivity index (χ3n) is 2.05. The Hall–Kier alpha value is -2.59. The van der Waals surface area contributed by atoms with Crippen molar-refractivity contribution in [1.82, 2.24) is 14.6 Å². The van der Waals surface area contributed by atoms with Crippen LogP contribution < -0.4 is 0 Å². The van der Waals surface area contributed by atoms with Crippen molar-refractivity contribution in [2.24, 2.45) is 0 Å². The summed E-state index contributed by atoms with van der Waals surface area (Å²) in [5.41, 5.74) is 1.13. The summed E-state index contributed by atoms with van der Waals surface area (Å²) < 4.78 is 3.68. The minimum Gasteiger partial charge on any atom is -0.477 e. The molecule has 0 fully saturated rings. The van der Waals surface area contributed by atoms with E-state index in [9.17, 15) is 4.79 Å². The molecule has 2 rings (SSSR count). The van der Waals surface area contributed by atoms with Crippen molar-refractivity contribution in [2.45, 2.75) is 0 Å². The molecule has 0 unspecified atom stereocenters. The van der Waals surface area contributed by atoms with E-state index in [0.717, 1.165) is 0 Å². The molecule has 0 bridgehead atoms. The van der Waals surface area contributed by atoms with E-state index in [1.54, 1.807) is 17.5 Å². The predicted molar refractivity (Wildman–Crippen MR) is 64.7 cm³/mol. The molecule has 18 heavy (non-hydrogen) atoms. The monoisotopic (exact) mass is 258 g/mol. The van der Waals surface area contributed by atoms with E-state index in [4.69, 9.17) is 10.4 Å². The van der Waals surface area contributed by atoms with E-state index in [1.807, 2.05) is 6.07 Å². The Bertz CT molecular complexity index is 644. The number of carboxylic acid groups (broad SMARTS) is 1. The van der Waals surface area contributed by atoms with Crippen LogP contribution in [0.15, 0.2) is 17.5 Å². The normalized spacial score (nSPS) is 10.4. The molecule has 0 radical (unpaired) electrons. The number of nitriles is 1. The second-order valence-corrected chi connectivity index (χ2v) is 3.82. The molecule has 0 saturated carbocycles. The number of pyridine rings is 1. The Morgan fingerprint density at radius 1 is 1.44 bits per heavy atom. The van der Waals surface area contributed by atoms with Crippen LogP contribution in [0.1, 0.15) is 27.4 Å². The molecule has 0 aliphatic rings. The van der Waals surface area contributed by atoms with Gasteiger partial charge in [0.15, 0.2) is 0 Å². The zero-order chi connectivity index (χ0) is 13.0. The molecular formula is C11H6N4O2S. The summed E-state index contributed by atoms with van der Waals surface area (Å²) in [5, 5.41) is 23.3. The number of carboxylic acids is 1. The zero-order valence-electron chi connectivity index (χ0n) is 8.94. The van der Waals surface area contributed by atoms with Gasteiger partial charge in [-0.2, -0.15) is 5.26 Å². The SMILES string of the molecule is N#Cc1ccc(C(=O)O)nc1/C=C/c1csnn1. The minimum atomic E-state index is -1.13. The summed E-state index contributed by atoms with van der Waals surface area (Å²) in [4.78, 5) is 14.7. The maximum absolute atomic E-state index is 10.8. The van der Waals surface area contributed by atoms with E-state index in [1.165, 1.54) is 23.7 Å². The molecule has 0 aliphatic heterocycles. The van der Waals surface area contributed by atoms with Gasteiger partial charge in [-0.25, -0.2) is 9.78 Å². The molecule has 7 heteroatoms. The fourth-order valence-corrected chi connectivity index (χ4v) is 1.65. The van der Waals surface area contributed by atoms with Gasteiger partial charge >= 0.3 is 5.97 Å². The fraction of sp³-hybridized carbons (Fsp3) is 0. The first-order valence-electron chi connectivity index (χ1n) is 4.80. The summed E-state index contributed by atoms with van der Waals surface area (Å²) in [6.07, 6.45) is 3.17. The molecule has 0 aromatic carbocycles. The lowest BCUT2D eigenvalue weighted by Crippen LogP contribution is -2.02. The van der Waals surface area contributed by atoms with Crippen molar-refractivity contribution in [3.8, 4) is 6.07 Å². The van der Waals surface area contributed by atoms with Crippen LogP contribution in [0.5, 0.6) is 0 Å². The van der Waals surface area contributed by atoms with Crippen molar-refractivity contribution in [3.63, 3.8) is 0 Å². The van der Waals surface area contributed by atoms with E-state index in [-0.39, 0.29) is 5.69 Å². The molecule has 0 atom stereocenters.